The molecule has 0 bridgehead atoms. The predicted molar refractivity (Wildman–Crippen MR) is 76.7 cm³/mol. The Morgan fingerprint density at radius 2 is 1.94 bits per heavy atom. The highest BCUT2D eigenvalue weighted by Crippen LogP contribution is 2.23. The number of hydrogen-bond acceptors (Lipinski definition) is 2. The summed E-state index contributed by atoms with van der Waals surface area (Å²) < 4.78 is 6.97. The van der Waals surface area contributed by atoms with Crippen LogP contribution < -0.4 is 10.1 Å². The van der Waals surface area contributed by atoms with Crippen LogP contribution in [0.3, 0.4) is 0 Å². The molecule has 17 heavy (non-hydrogen) atoms. The Labute approximate surface area is 113 Å². The van der Waals surface area contributed by atoms with Gasteiger partial charge in [-0.05, 0) is 44.0 Å². The normalized spacial score (nSPS) is 12.8. The molecule has 0 saturated heterocycles. The third-order valence-corrected chi connectivity index (χ3v) is 2.96. The Morgan fingerprint density at radius 1 is 1.24 bits per heavy atom. The molecule has 0 heterocycles. The highest BCUT2D eigenvalue weighted by atomic mass is 79.9. The zero-order valence-corrected chi connectivity index (χ0v) is 12.7. The predicted octanol–water partition coefficient (Wildman–Crippen LogP) is 3.77. The van der Waals surface area contributed by atoms with Gasteiger partial charge in [0.1, 0.15) is 11.9 Å². The van der Waals surface area contributed by atoms with Gasteiger partial charge in [-0.25, -0.2) is 0 Å². The van der Waals surface area contributed by atoms with Crippen LogP contribution in [-0.4, -0.2) is 19.2 Å². The fourth-order valence-electron chi connectivity index (χ4n) is 1.53. The van der Waals surface area contributed by atoms with E-state index in [0.29, 0.717) is 5.92 Å². The number of rotatable bonds is 6. The molecule has 1 rings (SSSR count). The molecule has 0 aliphatic heterocycles. The monoisotopic (exact) mass is 299 g/mol. The number of benzene rings is 1. The lowest BCUT2D eigenvalue weighted by molar-refractivity contribution is 0.214. The lowest BCUT2D eigenvalue weighted by Crippen LogP contribution is -2.31. The van der Waals surface area contributed by atoms with Crippen LogP contribution in [0.1, 0.15) is 26.3 Å². The van der Waals surface area contributed by atoms with E-state index in [1.165, 1.54) is 5.56 Å². The van der Waals surface area contributed by atoms with Gasteiger partial charge < -0.3 is 10.1 Å². The largest absolute Gasteiger partial charge is 0.489 e. The van der Waals surface area contributed by atoms with E-state index in [1.807, 2.05) is 12.1 Å². The Kier molecular flexibility index (Phi) is 6.00. The summed E-state index contributed by atoms with van der Waals surface area (Å²) in [7, 11) is 0. The van der Waals surface area contributed by atoms with Crippen LogP contribution >= 0.6 is 15.9 Å². The summed E-state index contributed by atoms with van der Waals surface area (Å²) in [6.45, 7) is 10.5. The fourth-order valence-corrected chi connectivity index (χ4v) is 1.87. The van der Waals surface area contributed by atoms with E-state index in [0.717, 1.165) is 23.3 Å². The molecule has 1 N–H and O–H groups in total. The van der Waals surface area contributed by atoms with Crippen molar-refractivity contribution in [3.8, 4) is 5.75 Å². The Bertz CT molecular complexity index is 352. The molecule has 96 valence electrons. The van der Waals surface area contributed by atoms with Crippen molar-refractivity contribution in [2.75, 3.05) is 13.1 Å². The standard InChI is InChI=1S/C14H22BrNO/c1-10(2)8-16-9-12(4)17-14-7-13(15)6-5-11(14)3/h5-7,10,12,16H,8-9H2,1-4H3. The summed E-state index contributed by atoms with van der Waals surface area (Å²) in [5, 5.41) is 3.40. The number of hydrogen-bond donors (Lipinski definition) is 1. The molecule has 0 amide bonds. The summed E-state index contributed by atoms with van der Waals surface area (Å²) in [5.41, 5.74) is 1.17. The van der Waals surface area contributed by atoms with Crippen molar-refractivity contribution in [2.24, 2.45) is 5.92 Å². The smallest absolute Gasteiger partial charge is 0.123 e. The van der Waals surface area contributed by atoms with Crippen LogP contribution in [0.25, 0.3) is 0 Å². The van der Waals surface area contributed by atoms with E-state index in [-0.39, 0.29) is 6.10 Å². The van der Waals surface area contributed by atoms with Gasteiger partial charge in [0.15, 0.2) is 0 Å². The van der Waals surface area contributed by atoms with Crippen molar-refractivity contribution in [2.45, 2.75) is 33.8 Å². The van der Waals surface area contributed by atoms with E-state index in [9.17, 15) is 0 Å². The molecule has 0 aromatic heterocycles. The van der Waals surface area contributed by atoms with Crippen molar-refractivity contribution in [3.05, 3.63) is 28.2 Å². The molecule has 1 aromatic rings. The van der Waals surface area contributed by atoms with Gasteiger partial charge in [-0.3, -0.25) is 0 Å². The van der Waals surface area contributed by atoms with Crippen LogP contribution in [0.15, 0.2) is 22.7 Å². The first-order valence-corrected chi connectivity index (χ1v) is 6.92. The minimum absolute atomic E-state index is 0.182. The number of aryl methyl sites for hydroxylation is 1. The zero-order valence-electron chi connectivity index (χ0n) is 11.1. The molecule has 0 spiro atoms. The average molecular weight is 300 g/mol. The Balaban J connectivity index is 2.44. The maximum absolute atomic E-state index is 5.92. The van der Waals surface area contributed by atoms with Gasteiger partial charge in [-0.2, -0.15) is 0 Å². The van der Waals surface area contributed by atoms with Gasteiger partial charge in [0.25, 0.3) is 0 Å². The van der Waals surface area contributed by atoms with Crippen LogP contribution in [-0.2, 0) is 0 Å². The van der Waals surface area contributed by atoms with Gasteiger partial charge in [0, 0.05) is 11.0 Å². The van der Waals surface area contributed by atoms with Crippen molar-refractivity contribution < 1.29 is 4.74 Å². The van der Waals surface area contributed by atoms with Gasteiger partial charge >= 0.3 is 0 Å². The maximum atomic E-state index is 5.92. The van der Waals surface area contributed by atoms with Crippen molar-refractivity contribution in [3.63, 3.8) is 0 Å². The molecule has 1 aromatic carbocycles. The topological polar surface area (TPSA) is 21.3 Å². The van der Waals surface area contributed by atoms with Gasteiger partial charge in [-0.15, -0.1) is 0 Å². The summed E-state index contributed by atoms with van der Waals surface area (Å²) >= 11 is 3.46. The first-order chi connectivity index (χ1) is 7.99. The summed E-state index contributed by atoms with van der Waals surface area (Å²) in [4.78, 5) is 0. The van der Waals surface area contributed by atoms with Crippen molar-refractivity contribution in [1.29, 1.82) is 0 Å². The minimum Gasteiger partial charge on any atom is -0.489 e. The highest BCUT2D eigenvalue weighted by Gasteiger charge is 2.07. The molecule has 0 aliphatic rings. The minimum atomic E-state index is 0.182. The Hall–Kier alpha value is -0.540. The molecule has 2 nitrogen and oxygen atoms in total. The number of ether oxygens (including phenoxy) is 1. The lowest BCUT2D eigenvalue weighted by Gasteiger charge is -2.18. The molecular weight excluding hydrogens is 278 g/mol. The molecule has 1 atom stereocenters. The average Bonchev–Trinajstić information content (AvgIpc) is 2.23. The fraction of sp³-hybridized carbons (Fsp3) is 0.571. The van der Waals surface area contributed by atoms with E-state index in [4.69, 9.17) is 4.74 Å². The molecule has 0 radical (unpaired) electrons. The van der Waals surface area contributed by atoms with Gasteiger partial charge in [-0.1, -0.05) is 35.8 Å². The molecule has 0 saturated carbocycles. The highest BCUT2D eigenvalue weighted by molar-refractivity contribution is 9.10. The summed E-state index contributed by atoms with van der Waals surface area (Å²) in [6.07, 6.45) is 0.182. The second-order valence-corrected chi connectivity index (χ2v) is 5.81. The molecule has 3 heteroatoms. The van der Waals surface area contributed by atoms with E-state index >= 15 is 0 Å². The molecule has 1 unspecified atom stereocenters. The number of nitrogens with one attached hydrogen (secondary N) is 1. The van der Waals surface area contributed by atoms with Crippen LogP contribution in [0, 0.1) is 12.8 Å². The first-order valence-electron chi connectivity index (χ1n) is 6.12. The van der Waals surface area contributed by atoms with Crippen LogP contribution in [0.2, 0.25) is 0 Å². The van der Waals surface area contributed by atoms with Crippen molar-refractivity contribution >= 4 is 15.9 Å². The van der Waals surface area contributed by atoms with Crippen molar-refractivity contribution in [1.82, 2.24) is 5.32 Å². The third kappa shape index (κ3) is 5.55. The SMILES string of the molecule is Cc1ccc(Br)cc1OC(C)CNCC(C)C. The van der Waals surface area contributed by atoms with E-state index in [2.05, 4.69) is 55.0 Å². The van der Waals surface area contributed by atoms with E-state index in [1.54, 1.807) is 0 Å². The van der Waals surface area contributed by atoms with Gasteiger partial charge in [0.05, 0.1) is 0 Å². The summed E-state index contributed by atoms with van der Waals surface area (Å²) in [5.74, 6) is 1.63. The first kappa shape index (κ1) is 14.5. The Morgan fingerprint density at radius 3 is 2.59 bits per heavy atom. The maximum Gasteiger partial charge on any atom is 0.123 e. The molecule has 0 fully saturated rings. The quantitative estimate of drug-likeness (QED) is 0.863. The lowest BCUT2D eigenvalue weighted by atomic mass is 10.2. The van der Waals surface area contributed by atoms with Gasteiger partial charge in [0.2, 0.25) is 0 Å². The molecular formula is C14H22BrNO. The molecule has 0 aliphatic carbocycles. The zero-order chi connectivity index (χ0) is 12.8. The van der Waals surface area contributed by atoms with Crippen LogP contribution in [0.5, 0.6) is 5.75 Å². The van der Waals surface area contributed by atoms with Crippen LogP contribution in [0.4, 0.5) is 0 Å². The second-order valence-electron chi connectivity index (χ2n) is 4.89. The second kappa shape index (κ2) is 7.02. The van der Waals surface area contributed by atoms with E-state index < -0.39 is 0 Å². The summed E-state index contributed by atoms with van der Waals surface area (Å²) in [6, 6.07) is 6.12. The number of halogens is 1. The third-order valence-electron chi connectivity index (χ3n) is 2.46.